The molecule has 0 amide bonds. The van der Waals surface area contributed by atoms with Crippen molar-refractivity contribution < 1.29 is 13.2 Å². The Labute approximate surface area is 126 Å². The SMILES string of the molecule is Cc1cc(CC(C)C)c(S(C)(=O)=O)cc1C(=O)CC(=N)N. The van der Waals surface area contributed by atoms with Crippen molar-refractivity contribution in [3.63, 3.8) is 0 Å². The highest BCUT2D eigenvalue weighted by Crippen LogP contribution is 2.24. The number of Topliss-reactive ketones (excluding diaryl/α,β-unsaturated/α-hetero) is 1. The first-order valence-electron chi connectivity index (χ1n) is 6.72. The summed E-state index contributed by atoms with van der Waals surface area (Å²) in [6.07, 6.45) is 1.57. The number of carbonyl (C=O) groups excluding carboxylic acids is 1. The number of carbonyl (C=O) groups is 1. The lowest BCUT2D eigenvalue weighted by Crippen LogP contribution is -2.17. The Hall–Kier alpha value is -1.69. The number of sulfone groups is 1. The van der Waals surface area contributed by atoms with E-state index in [1.54, 1.807) is 13.0 Å². The second-order valence-electron chi connectivity index (χ2n) is 5.77. The van der Waals surface area contributed by atoms with Gasteiger partial charge in [0.1, 0.15) is 0 Å². The fourth-order valence-corrected chi connectivity index (χ4v) is 3.21. The van der Waals surface area contributed by atoms with Crippen LogP contribution in [0.3, 0.4) is 0 Å². The molecule has 0 saturated heterocycles. The van der Waals surface area contributed by atoms with Crippen LogP contribution in [0, 0.1) is 18.3 Å². The van der Waals surface area contributed by atoms with Gasteiger partial charge in [0.25, 0.3) is 0 Å². The molecule has 1 aromatic carbocycles. The number of nitrogens with one attached hydrogen (secondary N) is 1. The van der Waals surface area contributed by atoms with E-state index in [9.17, 15) is 13.2 Å². The lowest BCUT2D eigenvalue weighted by molar-refractivity contribution is 0.0999. The zero-order valence-corrected chi connectivity index (χ0v) is 13.7. The van der Waals surface area contributed by atoms with E-state index in [4.69, 9.17) is 11.1 Å². The molecule has 3 N–H and O–H groups in total. The molecule has 0 atom stereocenters. The molecule has 21 heavy (non-hydrogen) atoms. The molecule has 0 unspecified atom stereocenters. The van der Waals surface area contributed by atoms with Gasteiger partial charge in [0, 0.05) is 11.8 Å². The lowest BCUT2D eigenvalue weighted by atomic mass is 9.95. The minimum absolute atomic E-state index is 0.189. The Morgan fingerprint density at radius 1 is 1.33 bits per heavy atom. The van der Waals surface area contributed by atoms with E-state index in [1.807, 2.05) is 13.8 Å². The van der Waals surface area contributed by atoms with Crippen LogP contribution in [0.5, 0.6) is 0 Å². The zero-order valence-electron chi connectivity index (χ0n) is 12.9. The van der Waals surface area contributed by atoms with Crippen molar-refractivity contribution in [2.75, 3.05) is 6.26 Å². The van der Waals surface area contributed by atoms with Gasteiger partial charge in [-0.1, -0.05) is 19.9 Å². The third-order valence-electron chi connectivity index (χ3n) is 3.09. The Balaban J connectivity index is 3.44. The minimum Gasteiger partial charge on any atom is -0.387 e. The van der Waals surface area contributed by atoms with Crippen molar-refractivity contribution in [3.8, 4) is 0 Å². The van der Waals surface area contributed by atoms with E-state index < -0.39 is 9.84 Å². The predicted molar refractivity (Wildman–Crippen MR) is 83.7 cm³/mol. The topological polar surface area (TPSA) is 101 Å². The van der Waals surface area contributed by atoms with E-state index in [2.05, 4.69) is 0 Å². The average Bonchev–Trinajstić information content (AvgIpc) is 2.24. The maximum absolute atomic E-state index is 12.1. The van der Waals surface area contributed by atoms with Gasteiger partial charge in [0.2, 0.25) is 0 Å². The first-order valence-corrected chi connectivity index (χ1v) is 8.61. The second-order valence-corrected chi connectivity index (χ2v) is 7.75. The number of amidine groups is 1. The molecule has 0 aliphatic rings. The maximum atomic E-state index is 12.1. The van der Waals surface area contributed by atoms with Gasteiger partial charge >= 0.3 is 0 Å². The van der Waals surface area contributed by atoms with Crippen LogP contribution in [0.25, 0.3) is 0 Å². The molecule has 1 rings (SSSR count). The highest BCUT2D eigenvalue weighted by molar-refractivity contribution is 7.90. The van der Waals surface area contributed by atoms with Gasteiger partial charge in [0.15, 0.2) is 15.6 Å². The Bertz CT molecular complexity index is 676. The van der Waals surface area contributed by atoms with E-state index in [-0.39, 0.29) is 22.9 Å². The summed E-state index contributed by atoms with van der Waals surface area (Å²) in [6, 6.07) is 3.18. The van der Waals surface area contributed by atoms with Crippen molar-refractivity contribution >= 4 is 21.5 Å². The van der Waals surface area contributed by atoms with Crippen LogP contribution in [-0.4, -0.2) is 26.3 Å². The molecule has 0 aliphatic carbocycles. The highest BCUT2D eigenvalue weighted by atomic mass is 32.2. The number of nitrogens with two attached hydrogens (primary N) is 1. The Morgan fingerprint density at radius 3 is 2.33 bits per heavy atom. The fraction of sp³-hybridized carbons (Fsp3) is 0.467. The normalized spacial score (nSPS) is 11.7. The zero-order chi connectivity index (χ0) is 16.4. The second kappa shape index (κ2) is 6.39. The van der Waals surface area contributed by atoms with Crippen LogP contribution in [0.2, 0.25) is 0 Å². The van der Waals surface area contributed by atoms with Crippen molar-refractivity contribution in [1.82, 2.24) is 0 Å². The molecule has 0 heterocycles. The smallest absolute Gasteiger partial charge is 0.175 e. The number of hydrogen-bond donors (Lipinski definition) is 2. The minimum atomic E-state index is -3.42. The van der Waals surface area contributed by atoms with Crippen LogP contribution in [0.4, 0.5) is 0 Å². The average molecular weight is 310 g/mol. The van der Waals surface area contributed by atoms with Crippen LogP contribution in [0.1, 0.15) is 41.8 Å². The fourth-order valence-electron chi connectivity index (χ4n) is 2.26. The maximum Gasteiger partial charge on any atom is 0.175 e. The molecule has 1 aromatic rings. The van der Waals surface area contributed by atoms with Gasteiger partial charge in [-0.25, -0.2) is 8.42 Å². The van der Waals surface area contributed by atoms with Crippen LogP contribution in [-0.2, 0) is 16.3 Å². The first kappa shape index (κ1) is 17.4. The summed E-state index contributed by atoms with van der Waals surface area (Å²) < 4.78 is 23.9. The molecule has 0 saturated carbocycles. The quantitative estimate of drug-likeness (QED) is 0.477. The summed E-state index contributed by atoms with van der Waals surface area (Å²) in [5.41, 5.74) is 7.00. The molecule has 0 aromatic heterocycles. The Kier molecular flexibility index (Phi) is 5.28. The van der Waals surface area contributed by atoms with Crippen molar-refractivity contribution in [1.29, 1.82) is 5.41 Å². The summed E-state index contributed by atoms with van der Waals surface area (Å²) in [7, 11) is -3.42. The summed E-state index contributed by atoms with van der Waals surface area (Å²) >= 11 is 0. The summed E-state index contributed by atoms with van der Waals surface area (Å²) in [5.74, 6) is -0.253. The number of rotatable bonds is 6. The largest absolute Gasteiger partial charge is 0.387 e. The number of hydrogen-bond acceptors (Lipinski definition) is 4. The van der Waals surface area contributed by atoms with Gasteiger partial charge in [-0.2, -0.15) is 0 Å². The molecule has 5 nitrogen and oxygen atoms in total. The van der Waals surface area contributed by atoms with Gasteiger partial charge in [-0.05, 0) is 36.5 Å². The summed E-state index contributed by atoms with van der Waals surface area (Å²) in [4.78, 5) is 12.3. The summed E-state index contributed by atoms with van der Waals surface area (Å²) in [6.45, 7) is 5.79. The molecule has 6 heteroatoms. The van der Waals surface area contributed by atoms with Gasteiger partial charge in [0.05, 0.1) is 17.2 Å². The Morgan fingerprint density at radius 2 is 1.90 bits per heavy atom. The third-order valence-corrected chi connectivity index (χ3v) is 4.27. The highest BCUT2D eigenvalue weighted by Gasteiger charge is 2.20. The molecule has 0 spiro atoms. The first-order chi connectivity index (χ1) is 9.52. The number of ketones is 1. The summed E-state index contributed by atoms with van der Waals surface area (Å²) in [5, 5.41) is 7.19. The van der Waals surface area contributed by atoms with Gasteiger partial charge in [-0.15, -0.1) is 0 Å². The lowest BCUT2D eigenvalue weighted by Gasteiger charge is -2.14. The van der Waals surface area contributed by atoms with E-state index >= 15 is 0 Å². The molecule has 0 bridgehead atoms. The van der Waals surface area contributed by atoms with Crippen LogP contribution < -0.4 is 5.73 Å². The molecular formula is C15H22N2O3S. The van der Waals surface area contributed by atoms with E-state index in [0.29, 0.717) is 23.5 Å². The van der Waals surface area contributed by atoms with Crippen LogP contribution in [0.15, 0.2) is 17.0 Å². The molecular weight excluding hydrogens is 288 g/mol. The monoisotopic (exact) mass is 310 g/mol. The van der Waals surface area contributed by atoms with Crippen LogP contribution >= 0.6 is 0 Å². The van der Waals surface area contributed by atoms with Gasteiger partial charge in [-0.3, -0.25) is 10.2 Å². The standard InChI is InChI=1S/C15H22N2O3S/c1-9(2)5-11-6-10(3)12(13(18)8-15(16)17)7-14(11)21(4,19)20/h6-7,9H,5,8H2,1-4H3,(H3,16,17). The van der Waals surface area contributed by atoms with Gasteiger partial charge < -0.3 is 5.73 Å². The van der Waals surface area contributed by atoms with Crippen molar-refractivity contribution in [3.05, 3.63) is 28.8 Å². The number of aryl methyl sites for hydroxylation is 1. The van der Waals surface area contributed by atoms with E-state index in [0.717, 1.165) is 11.8 Å². The van der Waals surface area contributed by atoms with Crippen molar-refractivity contribution in [2.45, 2.75) is 38.5 Å². The third kappa shape index (κ3) is 4.67. The predicted octanol–water partition coefficient (Wildman–Crippen LogP) is 2.11. The molecule has 116 valence electrons. The molecule has 0 radical (unpaired) electrons. The van der Waals surface area contributed by atoms with E-state index in [1.165, 1.54) is 6.07 Å². The number of benzene rings is 1. The van der Waals surface area contributed by atoms with Crippen molar-refractivity contribution in [2.24, 2.45) is 11.7 Å². The molecule has 0 fully saturated rings. The molecule has 0 aliphatic heterocycles.